The summed E-state index contributed by atoms with van der Waals surface area (Å²) in [5, 5.41) is 45.2. The zero-order valence-corrected chi connectivity index (χ0v) is 24.1. The molecule has 0 aromatic heterocycles. The predicted octanol–water partition coefficient (Wildman–Crippen LogP) is 2.39. The molecule has 10 nitrogen and oxygen atoms in total. The molecule has 0 unspecified atom stereocenters. The van der Waals surface area contributed by atoms with Crippen LogP contribution in [0.3, 0.4) is 0 Å². The number of nitrogens with zero attached hydrogens (tertiary/aromatic N) is 2. The number of Topliss-reactive ketones (excluding diaryl/α,β-unsaturated/α-hetero) is 2. The van der Waals surface area contributed by atoms with Crippen molar-refractivity contribution in [3.8, 4) is 5.75 Å². The van der Waals surface area contributed by atoms with Crippen LogP contribution in [0.2, 0.25) is 0 Å². The smallest absolute Gasteiger partial charge is 0.255 e. The Morgan fingerprint density at radius 1 is 1.10 bits per heavy atom. The van der Waals surface area contributed by atoms with Gasteiger partial charge < -0.3 is 26.2 Å². The molecule has 224 valence electrons. The molecule has 10 heteroatoms. The predicted molar refractivity (Wildman–Crippen MR) is 155 cm³/mol. The summed E-state index contributed by atoms with van der Waals surface area (Å²) >= 11 is 0. The Hall–Kier alpha value is -3.47. The highest BCUT2D eigenvalue weighted by Crippen LogP contribution is 2.53. The van der Waals surface area contributed by atoms with Gasteiger partial charge in [-0.05, 0) is 74.9 Å². The first-order valence-corrected chi connectivity index (χ1v) is 14.9. The van der Waals surface area contributed by atoms with Gasteiger partial charge in [-0.3, -0.25) is 24.2 Å². The van der Waals surface area contributed by atoms with Crippen molar-refractivity contribution in [1.29, 1.82) is 0 Å². The number of aliphatic hydroxyl groups excluding tert-OH is 2. The highest BCUT2D eigenvalue weighted by molar-refractivity contribution is 6.24. The summed E-state index contributed by atoms with van der Waals surface area (Å²) in [6.07, 6.45) is 9.71. The number of aromatic hydroxyl groups is 1. The minimum atomic E-state index is -2.63. The van der Waals surface area contributed by atoms with Crippen molar-refractivity contribution in [2.45, 2.75) is 69.1 Å². The van der Waals surface area contributed by atoms with Crippen molar-refractivity contribution in [1.82, 2.24) is 9.80 Å². The minimum Gasteiger partial charge on any atom is -0.508 e. The molecule has 1 aromatic carbocycles. The lowest BCUT2D eigenvalue weighted by atomic mass is 9.57. The number of amides is 1. The summed E-state index contributed by atoms with van der Waals surface area (Å²) in [7, 11) is 3.19. The van der Waals surface area contributed by atoms with Gasteiger partial charge in [0.2, 0.25) is 5.78 Å². The van der Waals surface area contributed by atoms with Crippen LogP contribution in [0.25, 0.3) is 11.3 Å². The Bertz CT molecular complexity index is 1470. The van der Waals surface area contributed by atoms with Crippen LogP contribution >= 0.6 is 0 Å². The van der Waals surface area contributed by atoms with E-state index in [1.54, 1.807) is 14.1 Å². The second-order valence-electron chi connectivity index (χ2n) is 12.7. The van der Waals surface area contributed by atoms with E-state index in [0.717, 1.165) is 36.2 Å². The van der Waals surface area contributed by atoms with Gasteiger partial charge in [0, 0.05) is 30.6 Å². The van der Waals surface area contributed by atoms with Gasteiger partial charge in [-0.25, -0.2) is 0 Å². The first-order valence-electron chi connectivity index (χ1n) is 14.9. The molecule has 42 heavy (non-hydrogen) atoms. The Kier molecular flexibility index (Phi) is 7.06. The van der Waals surface area contributed by atoms with Gasteiger partial charge in [-0.2, -0.15) is 0 Å². The number of phenolic OH excluding ortho intramolecular Hbond substituents is 1. The largest absolute Gasteiger partial charge is 0.508 e. The molecular weight excluding hydrogens is 538 g/mol. The van der Waals surface area contributed by atoms with Crippen LogP contribution in [-0.2, 0) is 20.8 Å². The number of hydrogen-bond acceptors (Lipinski definition) is 9. The van der Waals surface area contributed by atoms with Gasteiger partial charge in [0.15, 0.2) is 11.4 Å². The summed E-state index contributed by atoms with van der Waals surface area (Å²) in [5.74, 6) is -6.39. The number of aliphatic hydroxyl groups is 3. The molecule has 0 spiro atoms. The molecule has 1 aliphatic heterocycles. The van der Waals surface area contributed by atoms with E-state index < -0.39 is 58.0 Å². The molecule has 5 aliphatic rings. The fraction of sp³-hybridized carbons (Fsp3) is 0.531. The van der Waals surface area contributed by atoms with E-state index >= 15 is 0 Å². The zero-order chi connectivity index (χ0) is 30.1. The number of hydrogen-bond donors (Lipinski definition) is 5. The molecular formula is C32H39N3O7. The standard InChI is InChI=1S/C32H39N3O7/c1-34(2)26-21-15-17-14-20-19(16-10-12-35(13-11-16)18-6-4-3-5-7-18)8-9-22(36)24(20)27(37)23(17)29(39)32(21,42)30(40)25(28(26)38)31(33)41/h8-10,17-18,21,26,36-37,40,42H,3-7,11-15H2,1-2H3,(H2,33,41)/t17-,21-,26-,32-/m0/s1. The third kappa shape index (κ3) is 4.14. The van der Waals surface area contributed by atoms with Gasteiger partial charge in [-0.15, -0.1) is 0 Å². The average Bonchev–Trinajstić information content (AvgIpc) is 2.95. The normalized spacial score (nSPS) is 30.7. The number of rotatable bonds is 4. The number of nitrogens with two attached hydrogens (primary N) is 1. The molecule has 2 saturated carbocycles. The van der Waals surface area contributed by atoms with E-state index in [9.17, 15) is 34.8 Å². The van der Waals surface area contributed by atoms with Crippen molar-refractivity contribution in [3.05, 3.63) is 51.8 Å². The quantitative estimate of drug-likeness (QED) is 0.338. The topological polar surface area (TPSA) is 165 Å². The summed E-state index contributed by atoms with van der Waals surface area (Å²) in [6.45, 7) is 1.76. The molecule has 6 N–H and O–H groups in total. The fourth-order valence-corrected chi connectivity index (χ4v) is 8.25. The third-order valence-electron chi connectivity index (χ3n) is 10.3. The SMILES string of the molecule is CN(C)[C@@H]1C(=O)C(C(N)=O)=C(O)[C@@]2(O)C(=O)C3=C(O)c4c(O)ccc(C5=CCN(C6CCCCC6)CC5)c4C[C@H]3C[C@@H]12. The number of benzene rings is 1. The van der Waals surface area contributed by atoms with Crippen LogP contribution in [0, 0.1) is 11.8 Å². The molecule has 0 saturated heterocycles. The molecule has 0 radical (unpaired) electrons. The van der Waals surface area contributed by atoms with Gasteiger partial charge >= 0.3 is 0 Å². The van der Waals surface area contributed by atoms with E-state index in [1.807, 2.05) is 6.07 Å². The van der Waals surface area contributed by atoms with E-state index in [4.69, 9.17) is 5.73 Å². The van der Waals surface area contributed by atoms with Crippen molar-refractivity contribution in [2.75, 3.05) is 27.2 Å². The Morgan fingerprint density at radius 2 is 1.81 bits per heavy atom. The molecule has 1 heterocycles. The summed E-state index contributed by atoms with van der Waals surface area (Å²) in [5.41, 5.74) is 4.72. The first-order chi connectivity index (χ1) is 20.0. The van der Waals surface area contributed by atoms with Gasteiger partial charge in [0.1, 0.15) is 22.8 Å². The number of carbonyl (C=O) groups excluding carboxylic acids is 3. The third-order valence-corrected chi connectivity index (χ3v) is 10.3. The van der Waals surface area contributed by atoms with Crippen LogP contribution in [0.5, 0.6) is 5.75 Å². The van der Waals surface area contributed by atoms with E-state index in [1.165, 1.54) is 43.1 Å². The Morgan fingerprint density at radius 3 is 2.43 bits per heavy atom. The number of primary amides is 1. The molecule has 1 aromatic rings. The number of fused-ring (bicyclic) bond motifs is 3. The first kappa shape index (κ1) is 28.6. The van der Waals surface area contributed by atoms with Crippen LogP contribution in [0.4, 0.5) is 0 Å². The average molecular weight is 578 g/mol. The summed E-state index contributed by atoms with van der Waals surface area (Å²) in [6, 6.07) is 2.87. The second-order valence-corrected chi connectivity index (χ2v) is 12.7. The molecule has 2 fully saturated rings. The lowest BCUT2D eigenvalue weighted by Crippen LogP contribution is -2.65. The van der Waals surface area contributed by atoms with Crippen molar-refractivity contribution < 1.29 is 34.8 Å². The number of carbonyl (C=O) groups is 3. The van der Waals surface area contributed by atoms with E-state index in [2.05, 4.69) is 11.0 Å². The fourth-order valence-electron chi connectivity index (χ4n) is 8.25. The van der Waals surface area contributed by atoms with Crippen molar-refractivity contribution in [3.63, 3.8) is 0 Å². The maximum absolute atomic E-state index is 14.0. The Labute approximate surface area is 244 Å². The number of phenols is 1. The number of ketones is 2. The maximum Gasteiger partial charge on any atom is 0.255 e. The minimum absolute atomic E-state index is 0.0787. The lowest BCUT2D eigenvalue weighted by Gasteiger charge is -2.50. The van der Waals surface area contributed by atoms with Crippen LogP contribution in [0.1, 0.15) is 61.6 Å². The number of likely N-dealkylation sites (N-methyl/N-ethyl adjacent to an activating group) is 1. The Balaban J connectivity index is 1.42. The molecule has 6 rings (SSSR count). The van der Waals surface area contributed by atoms with E-state index in [0.29, 0.717) is 12.5 Å². The van der Waals surface area contributed by atoms with Crippen molar-refractivity contribution in [2.24, 2.45) is 17.6 Å². The molecule has 0 bridgehead atoms. The van der Waals surface area contributed by atoms with Crippen LogP contribution < -0.4 is 5.73 Å². The summed E-state index contributed by atoms with van der Waals surface area (Å²) < 4.78 is 0. The maximum atomic E-state index is 14.0. The van der Waals surface area contributed by atoms with E-state index in [-0.39, 0.29) is 23.3 Å². The van der Waals surface area contributed by atoms with Crippen LogP contribution in [-0.4, -0.2) is 92.6 Å². The molecule has 4 atom stereocenters. The second kappa shape index (κ2) is 10.4. The molecule has 4 aliphatic carbocycles. The monoisotopic (exact) mass is 577 g/mol. The van der Waals surface area contributed by atoms with Gasteiger partial charge in [-0.1, -0.05) is 31.4 Å². The van der Waals surface area contributed by atoms with Crippen LogP contribution in [0.15, 0.2) is 35.1 Å². The highest BCUT2D eigenvalue weighted by Gasteiger charge is 2.64. The van der Waals surface area contributed by atoms with Gasteiger partial charge in [0.05, 0.1) is 11.6 Å². The van der Waals surface area contributed by atoms with Crippen molar-refractivity contribution >= 4 is 28.8 Å². The summed E-state index contributed by atoms with van der Waals surface area (Å²) in [4.78, 5) is 43.5. The zero-order valence-electron chi connectivity index (χ0n) is 24.1. The van der Waals surface area contributed by atoms with Gasteiger partial charge in [0.25, 0.3) is 5.91 Å². The highest BCUT2D eigenvalue weighted by atomic mass is 16.3. The molecule has 1 amide bonds. The lowest BCUT2D eigenvalue weighted by molar-refractivity contribution is -0.153.